The summed E-state index contributed by atoms with van der Waals surface area (Å²) in [4.78, 5) is 0. The van der Waals surface area contributed by atoms with Gasteiger partial charge in [-0.25, -0.2) is 0 Å². The van der Waals surface area contributed by atoms with Crippen molar-refractivity contribution in [1.29, 1.82) is 0 Å². The van der Waals surface area contributed by atoms with Gasteiger partial charge in [-0.05, 0) is 34.7 Å². The first kappa shape index (κ1) is 11.9. The molecule has 0 aliphatic heterocycles. The molecule has 5 heteroatoms. The molecule has 2 aromatic rings. The monoisotopic (exact) mass is 392 g/mol. The van der Waals surface area contributed by atoms with Crippen molar-refractivity contribution in [3.8, 4) is 5.88 Å². The third-order valence-corrected chi connectivity index (χ3v) is 3.87. The van der Waals surface area contributed by atoms with Crippen LogP contribution in [0.15, 0.2) is 34.9 Å². The molecule has 0 fully saturated rings. The fourth-order valence-corrected chi connectivity index (χ4v) is 2.79. The fourth-order valence-electron chi connectivity index (χ4n) is 1.29. The van der Waals surface area contributed by atoms with Crippen molar-refractivity contribution >= 4 is 38.5 Å². The van der Waals surface area contributed by atoms with Gasteiger partial charge in [-0.1, -0.05) is 22.0 Å². The van der Waals surface area contributed by atoms with Gasteiger partial charge in [-0.15, -0.1) is 5.10 Å². The van der Waals surface area contributed by atoms with E-state index >= 15 is 0 Å². The van der Waals surface area contributed by atoms with E-state index in [1.807, 2.05) is 31.4 Å². The lowest BCUT2D eigenvalue weighted by atomic mass is 10.2. The Bertz CT molecular complexity index is 478. The van der Waals surface area contributed by atoms with Crippen LogP contribution in [0.25, 0.3) is 0 Å². The molecule has 1 aromatic heterocycles. The third kappa shape index (κ3) is 2.76. The smallest absolute Gasteiger partial charge is 0.233 e. The van der Waals surface area contributed by atoms with Crippen molar-refractivity contribution < 1.29 is 4.74 Å². The van der Waals surface area contributed by atoms with Gasteiger partial charge in [0.05, 0.1) is 0 Å². The Balaban J connectivity index is 2.10. The Morgan fingerprint density at radius 2 is 2.25 bits per heavy atom. The van der Waals surface area contributed by atoms with E-state index in [4.69, 9.17) is 4.74 Å². The fraction of sp³-hybridized carbons (Fsp3) is 0.182. The molecule has 0 saturated carbocycles. The molecule has 0 saturated heterocycles. The summed E-state index contributed by atoms with van der Waals surface area (Å²) in [5, 5.41) is 4.16. The van der Waals surface area contributed by atoms with Crippen molar-refractivity contribution in [3.63, 3.8) is 0 Å². The number of halogens is 2. The van der Waals surface area contributed by atoms with Crippen molar-refractivity contribution in [2.75, 3.05) is 0 Å². The van der Waals surface area contributed by atoms with E-state index in [1.54, 1.807) is 4.68 Å². The van der Waals surface area contributed by atoms with Gasteiger partial charge in [0.2, 0.25) is 5.88 Å². The largest absolute Gasteiger partial charge is 0.472 e. The van der Waals surface area contributed by atoms with Gasteiger partial charge in [0.15, 0.2) is 0 Å². The number of ether oxygens (including phenoxy) is 1. The molecule has 16 heavy (non-hydrogen) atoms. The Hall–Kier alpha value is -0.560. The summed E-state index contributed by atoms with van der Waals surface area (Å²) in [6.45, 7) is 0.525. The van der Waals surface area contributed by atoms with Crippen LogP contribution < -0.4 is 4.74 Å². The molecule has 0 unspecified atom stereocenters. The SMILES string of the molecule is Cn1ccc(OCc2c(Br)cccc2I)n1. The predicted molar refractivity (Wildman–Crippen MR) is 74.4 cm³/mol. The first-order chi connectivity index (χ1) is 7.66. The summed E-state index contributed by atoms with van der Waals surface area (Å²) < 4.78 is 9.58. The summed E-state index contributed by atoms with van der Waals surface area (Å²) in [6.07, 6.45) is 1.86. The highest BCUT2D eigenvalue weighted by Gasteiger charge is 2.06. The zero-order valence-corrected chi connectivity index (χ0v) is 12.4. The number of benzene rings is 1. The third-order valence-electron chi connectivity index (χ3n) is 2.12. The van der Waals surface area contributed by atoms with Crippen LogP contribution in [-0.4, -0.2) is 9.78 Å². The predicted octanol–water partition coefficient (Wildman–Crippen LogP) is 3.37. The minimum absolute atomic E-state index is 0.525. The Labute approximate surface area is 116 Å². The molecule has 0 amide bonds. The summed E-state index contributed by atoms with van der Waals surface area (Å²) >= 11 is 5.81. The van der Waals surface area contributed by atoms with Crippen molar-refractivity contribution in [3.05, 3.63) is 44.1 Å². The summed E-state index contributed by atoms with van der Waals surface area (Å²) in [5.41, 5.74) is 1.15. The van der Waals surface area contributed by atoms with E-state index in [9.17, 15) is 0 Å². The number of rotatable bonds is 3. The molecule has 0 atom stereocenters. The molecule has 0 bridgehead atoms. The summed E-state index contributed by atoms with van der Waals surface area (Å²) in [5.74, 6) is 0.647. The molecule has 0 aliphatic carbocycles. The van der Waals surface area contributed by atoms with E-state index < -0.39 is 0 Å². The Morgan fingerprint density at radius 3 is 2.88 bits per heavy atom. The lowest BCUT2D eigenvalue weighted by Gasteiger charge is -2.07. The highest BCUT2D eigenvalue weighted by molar-refractivity contribution is 14.1. The topological polar surface area (TPSA) is 27.1 Å². The molecule has 3 nitrogen and oxygen atoms in total. The van der Waals surface area contributed by atoms with Crippen LogP contribution in [0.3, 0.4) is 0 Å². The molecule has 84 valence electrons. The molecular formula is C11H10BrIN2O. The minimum Gasteiger partial charge on any atom is -0.472 e. The van der Waals surface area contributed by atoms with Crippen molar-refractivity contribution in [1.82, 2.24) is 9.78 Å². The van der Waals surface area contributed by atoms with Gasteiger partial charge in [0, 0.05) is 32.9 Å². The zero-order valence-electron chi connectivity index (χ0n) is 8.65. The van der Waals surface area contributed by atoms with Crippen LogP contribution in [-0.2, 0) is 13.7 Å². The number of aromatic nitrogens is 2. The van der Waals surface area contributed by atoms with E-state index in [1.165, 1.54) is 3.57 Å². The van der Waals surface area contributed by atoms with E-state index in [0.717, 1.165) is 10.0 Å². The van der Waals surface area contributed by atoms with Gasteiger partial charge in [-0.3, -0.25) is 4.68 Å². The number of hydrogen-bond donors (Lipinski definition) is 0. The van der Waals surface area contributed by atoms with Gasteiger partial charge in [0.25, 0.3) is 0 Å². The average Bonchev–Trinajstić information content (AvgIpc) is 2.63. The molecule has 1 heterocycles. The second-order valence-corrected chi connectivity index (χ2v) is 5.33. The second kappa shape index (κ2) is 5.18. The van der Waals surface area contributed by atoms with E-state index in [0.29, 0.717) is 12.5 Å². The molecule has 0 aliphatic rings. The zero-order chi connectivity index (χ0) is 11.5. The maximum atomic E-state index is 5.61. The normalized spacial score (nSPS) is 10.4. The van der Waals surface area contributed by atoms with Crippen LogP contribution in [0.1, 0.15) is 5.56 Å². The highest BCUT2D eigenvalue weighted by atomic mass is 127. The Kier molecular flexibility index (Phi) is 3.86. The lowest BCUT2D eigenvalue weighted by Crippen LogP contribution is -2.00. The molecule has 0 N–H and O–H groups in total. The maximum Gasteiger partial charge on any atom is 0.233 e. The molecule has 0 spiro atoms. The van der Waals surface area contributed by atoms with Gasteiger partial charge in [0.1, 0.15) is 6.61 Å². The summed E-state index contributed by atoms with van der Waals surface area (Å²) in [6, 6.07) is 7.93. The quantitative estimate of drug-likeness (QED) is 0.749. The number of hydrogen-bond acceptors (Lipinski definition) is 2. The Morgan fingerprint density at radius 1 is 1.44 bits per heavy atom. The van der Waals surface area contributed by atoms with Crippen LogP contribution in [0.5, 0.6) is 5.88 Å². The van der Waals surface area contributed by atoms with Gasteiger partial charge in [-0.2, -0.15) is 0 Å². The molecule has 0 radical (unpaired) electrons. The van der Waals surface area contributed by atoms with Gasteiger partial charge >= 0.3 is 0 Å². The van der Waals surface area contributed by atoms with Crippen LogP contribution in [0.4, 0.5) is 0 Å². The first-order valence-corrected chi connectivity index (χ1v) is 6.59. The first-order valence-electron chi connectivity index (χ1n) is 4.72. The van der Waals surface area contributed by atoms with Crippen molar-refractivity contribution in [2.24, 2.45) is 7.05 Å². The van der Waals surface area contributed by atoms with E-state index in [2.05, 4.69) is 49.7 Å². The average molecular weight is 393 g/mol. The number of nitrogens with zero attached hydrogens (tertiary/aromatic N) is 2. The molecular weight excluding hydrogens is 383 g/mol. The van der Waals surface area contributed by atoms with Crippen LogP contribution in [0, 0.1) is 3.57 Å². The van der Waals surface area contributed by atoms with Crippen LogP contribution in [0.2, 0.25) is 0 Å². The summed E-state index contributed by atoms with van der Waals surface area (Å²) in [7, 11) is 1.87. The van der Waals surface area contributed by atoms with Gasteiger partial charge < -0.3 is 4.74 Å². The highest BCUT2D eigenvalue weighted by Crippen LogP contribution is 2.23. The van der Waals surface area contributed by atoms with Crippen molar-refractivity contribution in [2.45, 2.75) is 6.61 Å². The van der Waals surface area contributed by atoms with E-state index in [-0.39, 0.29) is 0 Å². The molecule has 2 rings (SSSR count). The molecule has 1 aromatic carbocycles. The minimum atomic E-state index is 0.525. The maximum absolute atomic E-state index is 5.61. The standard InChI is InChI=1S/C11H10BrIN2O/c1-15-6-5-11(14-15)16-7-8-9(12)3-2-4-10(8)13/h2-6H,7H2,1H3. The second-order valence-electron chi connectivity index (χ2n) is 3.32. The number of aryl methyl sites for hydroxylation is 1. The lowest BCUT2D eigenvalue weighted by molar-refractivity contribution is 0.289. The van der Waals surface area contributed by atoms with Crippen LogP contribution >= 0.6 is 38.5 Å².